The molecule has 0 amide bonds. The zero-order chi connectivity index (χ0) is 7.66. The highest BCUT2D eigenvalue weighted by molar-refractivity contribution is 5.97. The maximum Gasteiger partial charge on any atom is 0.234 e. The zero-order valence-electron chi connectivity index (χ0n) is 5.70. The Hall–Kier alpha value is -0.523. The van der Waals surface area contributed by atoms with E-state index >= 15 is 0 Å². The molecule has 0 bridgehead atoms. The molecule has 0 unspecified atom stereocenters. The molecule has 0 saturated heterocycles. The van der Waals surface area contributed by atoms with Crippen LogP contribution >= 0.6 is 0 Å². The summed E-state index contributed by atoms with van der Waals surface area (Å²) in [5.41, 5.74) is 0. The molecule has 5 nitrogen and oxygen atoms in total. The van der Waals surface area contributed by atoms with Crippen LogP contribution < -0.4 is 0 Å². The van der Waals surface area contributed by atoms with Crippen LogP contribution in [0.5, 0.6) is 0 Å². The van der Waals surface area contributed by atoms with Crippen LogP contribution in [0.3, 0.4) is 0 Å². The maximum atomic E-state index is 9.51. The molecule has 0 spiro atoms. The first-order valence-electron chi connectivity index (χ1n) is 2.77. The lowest BCUT2D eigenvalue weighted by Crippen LogP contribution is -1.97. The minimum absolute atomic E-state index is 0.368. The average molecular weight is 163 g/mol. The molecule has 0 N–H and O–H groups in total. The number of carbonyl (C=O) groups excluding carboxylic acids is 1. The van der Waals surface area contributed by atoms with Crippen molar-refractivity contribution in [3.63, 3.8) is 0 Å². The third kappa shape index (κ3) is 7.48. The van der Waals surface area contributed by atoms with E-state index in [0.717, 1.165) is 0 Å². The van der Waals surface area contributed by atoms with Crippen LogP contribution in [-0.2, 0) is 19.3 Å². The van der Waals surface area contributed by atoms with E-state index < -0.39 is 0 Å². The van der Waals surface area contributed by atoms with Gasteiger partial charge in [-0.25, -0.2) is 14.7 Å². The Kier molecular flexibility index (Phi) is 8.03. The average Bonchev–Trinajstić information content (AvgIpc) is 1.97. The third-order valence-corrected chi connectivity index (χ3v) is 0.814. The highest BCUT2D eigenvalue weighted by Crippen LogP contribution is 1.83. The summed E-state index contributed by atoms with van der Waals surface area (Å²) >= 11 is 0. The fourth-order valence-corrected chi connectivity index (χ4v) is 0.427. The molecule has 0 saturated carbocycles. The minimum atomic E-state index is 0.368. The van der Waals surface area contributed by atoms with Crippen LogP contribution in [0.1, 0.15) is 6.42 Å². The predicted molar refractivity (Wildman–Crippen MR) is 35.7 cm³/mol. The molecule has 0 aromatic heterocycles. The molecule has 58 valence electrons. The van der Waals surface area contributed by atoms with E-state index in [1.807, 2.05) is 0 Å². The standard InChI is InChI=1S/C4H9NO4Si/c6-4-5-2-1-3-7-8-9-10/h1-3H2,10H3. The summed E-state index contributed by atoms with van der Waals surface area (Å²) < 4.78 is 4.26. The molecular weight excluding hydrogens is 154 g/mol. The number of hydrogen-bond donors (Lipinski definition) is 0. The molecule has 0 rings (SSSR count). The van der Waals surface area contributed by atoms with Crippen LogP contribution in [-0.4, -0.2) is 29.7 Å². The predicted octanol–water partition coefficient (Wildman–Crippen LogP) is -1.13. The first-order valence-corrected chi connectivity index (χ1v) is 3.59. The summed E-state index contributed by atoms with van der Waals surface area (Å²) in [5, 5.41) is 4.14. The van der Waals surface area contributed by atoms with Crippen molar-refractivity contribution in [3.8, 4) is 0 Å². The normalized spacial score (nSPS) is 9.20. The van der Waals surface area contributed by atoms with Crippen molar-refractivity contribution in [1.29, 1.82) is 0 Å². The Bertz CT molecular complexity index is 114. The van der Waals surface area contributed by atoms with Crippen molar-refractivity contribution in [1.82, 2.24) is 0 Å². The number of hydrogen-bond acceptors (Lipinski definition) is 5. The summed E-state index contributed by atoms with van der Waals surface area (Å²) in [7, 11) is 0.476. The minimum Gasteiger partial charge on any atom is -0.269 e. The van der Waals surface area contributed by atoms with E-state index in [-0.39, 0.29) is 0 Å². The van der Waals surface area contributed by atoms with Gasteiger partial charge in [0.15, 0.2) is 10.5 Å². The number of isocyanates is 1. The van der Waals surface area contributed by atoms with Gasteiger partial charge in [0.25, 0.3) is 0 Å². The number of rotatable bonds is 6. The van der Waals surface area contributed by atoms with Gasteiger partial charge in [-0.2, -0.15) is 0 Å². The van der Waals surface area contributed by atoms with E-state index in [1.54, 1.807) is 0 Å². The quantitative estimate of drug-likeness (QED) is 0.124. The van der Waals surface area contributed by atoms with E-state index in [9.17, 15) is 4.79 Å². The van der Waals surface area contributed by atoms with Crippen LogP contribution in [0.2, 0.25) is 0 Å². The van der Waals surface area contributed by atoms with E-state index in [4.69, 9.17) is 0 Å². The fourth-order valence-electron chi connectivity index (χ4n) is 0.330. The molecule has 10 heavy (non-hydrogen) atoms. The van der Waals surface area contributed by atoms with Crippen LogP contribution in [0.4, 0.5) is 0 Å². The summed E-state index contributed by atoms with van der Waals surface area (Å²) in [4.78, 5) is 17.3. The Morgan fingerprint density at radius 2 is 2.40 bits per heavy atom. The second-order valence-electron chi connectivity index (χ2n) is 1.38. The Morgan fingerprint density at radius 3 is 3.00 bits per heavy atom. The van der Waals surface area contributed by atoms with Crippen LogP contribution in [0.15, 0.2) is 4.99 Å². The van der Waals surface area contributed by atoms with Crippen molar-refractivity contribution < 1.29 is 19.3 Å². The van der Waals surface area contributed by atoms with Crippen molar-refractivity contribution in [3.05, 3.63) is 0 Å². The van der Waals surface area contributed by atoms with Crippen molar-refractivity contribution in [2.45, 2.75) is 6.42 Å². The van der Waals surface area contributed by atoms with Gasteiger partial charge in [-0.3, -0.25) is 4.58 Å². The van der Waals surface area contributed by atoms with Crippen molar-refractivity contribution in [2.24, 2.45) is 4.99 Å². The van der Waals surface area contributed by atoms with Crippen molar-refractivity contribution in [2.75, 3.05) is 13.2 Å². The fraction of sp³-hybridized carbons (Fsp3) is 0.750. The van der Waals surface area contributed by atoms with E-state index in [0.29, 0.717) is 30.1 Å². The summed E-state index contributed by atoms with van der Waals surface area (Å²) in [6, 6.07) is 0. The van der Waals surface area contributed by atoms with Crippen molar-refractivity contribution >= 4 is 16.6 Å². The summed E-state index contributed by atoms with van der Waals surface area (Å²) in [6.07, 6.45) is 2.04. The largest absolute Gasteiger partial charge is 0.269 e. The maximum absolute atomic E-state index is 9.51. The van der Waals surface area contributed by atoms with E-state index in [2.05, 4.69) is 19.5 Å². The van der Waals surface area contributed by atoms with Gasteiger partial charge in [0.1, 0.15) is 0 Å². The van der Waals surface area contributed by atoms with E-state index in [1.165, 1.54) is 6.08 Å². The summed E-state index contributed by atoms with van der Waals surface area (Å²) in [6.45, 7) is 0.779. The molecule has 0 fully saturated rings. The topological polar surface area (TPSA) is 57.1 Å². The molecule has 0 heterocycles. The monoisotopic (exact) mass is 163 g/mol. The highest BCUT2D eigenvalue weighted by Gasteiger charge is 1.85. The number of aliphatic imine (C=N–C) groups is 1. The van der Waals surface area contributed by atoms with Gasteiger partial charge in [-0.15, -0.1) is 0 Å². The lowest BCUT2D eigenvalue weighted by atomic mass is 10.5. The Morgan fingerprint density at radius 1 is 1.60 bits per heavy atom. The molecule has 0 atom stereocenters. The third-order valence-electron chi connectivity index (χ3n) is 0.678. The zero-order valence-corrected chi connectivity index (χ0v) is 7.70. The second kappa shape index (κ2) is 8.48. The first kappa shape index (κ1) is 9.48. The van der Waals surface area contributed by atoms with Gasteiger partial charge < -0.3 is 0 Å². The highest BCUT2D eigenvalue weighted by atomic mass is 28.2. The molecular formula is C4H9NO4Si. The molecule has 6 heteroatoms. The number of nitrogens with zero attached hydrogens (tertiary/aromatic N) is 1. The van der Waals surface area contributed by atoms with Gasteiger partial charge in [0, 0.05) is 0 Å². The molecule has 0 aliphatic heterocycles. The van der Waals surface area contributed by atoms with Gasteiger partial charge in [-0.1, -0.05) is 5.04 Å². The molecule has 0 aromatic carbocycles. The van der Waals surface area contributed by atoms with Crippen LogP contribution in [0.25, 0.3) is 0 Å². The first-order chi connectivity index (χ1) is 4.91. The Balaban J connectivity index is 2.83. The SMILES string of the molecule is O=C=NCCCOOO[SiH3]. The smallest absolute Gasteiger partial charge is 0.234 e. The molecule has 0 radical (unpaired) electrons. The molecule has 0 aliphatic rings. The molecule has 0 aromatic rings. The lowest BCUT2D eigenvalue weighted by molar-refractivity contribution is -0.466. The second-order valence-corrected chi connectivity index (χ2v) is 1.72. The van der Waals surface area contributed by atoms with Gasteiger partial charge in [-0.05, 0) is 6.42 Å². The van der Waals surface area contributed by atoms with Gasteiger partial charge in [0.2, 0.25) is 6.08 Å². The van der Waals surface area contributed by atoms with Gasteiger partial charge in [0.05, 0.1) is 13.2 Å². The summed E-state index contributed by atoms with van der Waals surface area (Å²) in [5.74, 6) is 0. The Labute approximate surface area is 61.4 Å². The lowest BCUT2D eigenvalue weighted by Gasteiger charge is -1.96. The molecule has 0 aliphatic carbocycles. The van der Waals surface area contributed by atoms with Crippen LogP contribution in [0, 0.1) is 0 Å². The van der Waals surface area contributed by atoms with Gasteiger partial charge >= 0.3 is 0 Å².